The highest BCUT2D eigenvalue weighted by Crippen LogP contribution is 2.22. The van der Waals surface area contributed by atoms with E-state index in [2.05, 4.69) is 0 Å². The topological polar surface area (TPSA) is 55.6 Å². The van der Waals surface area contributed by atoms with Crippen molar-refractivity contribution in [1.29, 1.82) is 0 Å². The molecule has 0 heterocycles. The maximum absolute atomic E-state index is 12.6. The van der Waals surface area contributed by atoms with Crippen LogP contribution in [0.3, 0.4) is 0 Å². The Labute approximate surface area is 128 Å². The molecular weight excluding hydrogens is 264 g/mol. The first-order valence-electron chi connectivity index (χ1n) is 7.57. The van der Waals surface area contributed by atoms with Crippen LogP contribution in [0.25, 0.3) is 0 Å². The molecule has 0 saturated carbocycles. The predicted octanol–water partition coefficient (Wildman–Crippen LogP) is 2.60. The van der Waals surface area contributed by atoms with Crippen molar-refractivity contribution in [1.82, 2.24) is 4.90 Å². The Hall–Kier alpha value is -1.55. The van der Waals surface area contributed by atoms with Crippen molar-refractivity contribution in [2.75, 3.05) is 14.2 Å². The van der Waals surface area contributed by atoms with Crippen LogP contribution in [0.4, 0.5) is 0 Å². The summed E-state index contributed by atoms with van der Waals surface area (Å²) in [6, 6.07) is 7.96. The number of amides is 1. The van der Waals surface area contributed by atoms with E-state index in [-0.39, 0.29) is 11.9 Å². The number of rotatable bonds is 7. The van der Waals surface area contributed by atoms with Crippen LogP contribution in [0.1, 0.15) is 39.2 Å². The number of hydrogen-bond donors (Lipinski definition) is 1. The van der Waals surface area contributed by atoms with E-state index in [1.165, 1.54) is 0 Å². The lowest BCUT2D eigenvalue weighted by Gasteiger charge is -2.34. The SMILES string of the molecule is CCC(N)(CC)C(=O)N(C)C(C)Cc1ccccc1OC. The number of ether oxygens (including phenoxy) is 1. The molecule has 0 saturated heterocycles. The first-order valence-corrected chi connectivity index (χ1v) is 7.57. The smallest absolute Gasteiger partial charge is 0.242 e. The van der Waals surface area contributed by atoms with Crippen LogP contribution in [0.5, 0.6) is 5.75 Å². The summed E-state index contributed by atoms with van der Waals surface area (Å²) in [5.41, 5.74) is 6.55. The second-order valence-electron chi connectivity index (χ2n) is 5.64. The van der Waals surface area contributed by atoms with Gasteiger partial charge in [-0.15, -0.1) is 0 Å². The minimum Gasteiger partial charge on any atom is -0.496 e. The Bertz CT molecular complexity index is 470. The highest BCUT2D eigenvalue weighted by Gasteiger charge is 2.34. The van der Waals surface area contributed by atoms with Gasteiger partial charge in [-0.1, -0.05) is 32.0 Å². The first-order chi connectivity index (χ1) is 9.89. The largest absolute Gasteiger partial charge is 0.496 e. The molecule has 1 unspecified atom stereocenters. The van der Waals surface area contributed by atoms with E-state index >= 15 is 0 Å². The van der Waals surface area contributed by atoms with Gasteiger partial charge in [-0.25, -0.2) is 0 Å². The standard InChI is InChI=1S/C17H28N2O2/c1-6-17(18,7-2)16(20)19(4)13(3)12-14-10-8-9-11-15(14)21-5/h8-11,13H,6-7,12,18H2,1-5H3. The van der Waals surface area contributed by atoms with Crippen LogP contribution < -0.4 is 10.5 Å². The van der Waals surface area contributed by atoms with E-state index in [1.807, 2.05) is 52.1 Å². The highest BCUT2D eigenvalue weighted by molar-refractivity contribution is 5.86. The lowest BCUT2D eigenvalue weighted by molar-refractivity contribution is -0.137. The third kappa shape index (κ3) is 3.97. The Morgan fingerprint density at radius 2 is 1.90 bits per heavy atom. The molecule has 0 aromatic heterocycles. The number of methoxy groups -OCH3 is 1. The Morgan fingerprint density at radius 1 is 1.33 bits per heavy atom. The number of carbonyl (C=O) groups is 1. The molecule has 1 aromatic carbocycles. The zero-order chi connectivity index (χ0) is 16.0. The molecule has 0 aliphatic heterocycles. The molecule has 0 radical (unpaired) electrons. The second-order valence-corrected chi connectivity index (χ2v) is 5.64. The molecule has 0 bridgehead atoms. The van der Waals surface area contributed by atoms with Gasteiger partial charge in [-0.05, 0) is 37.8 Å². The van der Waals surface area contributed by atoms with Crippen LogP contribution >= 0.6 is 0 Å². The average Bonchev–Trinajstić information content (AvgIpc) is 2.53. The first kappa shape index (κ1) is 17.5. The summed E-state index contributed by atoms with van der Waals surface area (Å²) in [4.78, 5) is 14.3. The lowest BCUT2D eigenvalue weighted by atomic mass is 9.91. The Kier molecular flexibility index (Phi) is 6.21. The molecule has 0 aliphatic rings. The van der Waals surface area contributed by atoms with Gasteiger partial charge in [-0.3, -0.25) is 4.79 Å². The van der Waals surface area contributed by atoms with Gasteiger partial charge in [0.15, 0.2) is 0 Å². The average molecular weight is 292 g/mol. The summed E-state index contributed by atoms with van der Waals surface area (Å²) < 4.78 is 5.37. The van der Waals surface area contributed by atoms with Crippen molar-refractivity contribution < 1.29 is 9.53 Å². The van der Waals surface area contributed by atoms with Gasteiger partial charge >= 0.3 is 0 Å². The van der Waals surface area contributed by atoms with Gasteiger partial charge < -0.3 is 15.4 Å². The summed E-state index contributed by atoms with van der Waals surface area (Å²) in [6.45, 7) is 5.95. The van der Waals surface area contributed by atoms with Gasteiger partial charge in [0.25, 0.3) is 0 Å². The molecule has 0 spiro atoms. The molecule has 2 N–H and O–H groups in total. The number of para-hydroxylation sites is 1. The maximum Gasteiger partial charge on any atom is 0.242 e. The molecule has 1 aromatic rings. The number of likely N-dealkylation sites (N-methyl/N-ethyl adjacent to an activating group) is 1. The summed E-state index contributed by atoms with van der Waals surface area (Å²) in [6.07, 6.45) is 2.04. The van der Waals surface area contributed by atoms with E-state index in [0.717, 1.165) is 17.7 Å². The number of nitrogens with zero attached hydrogens (tertiary/aromatic N) is 1. The van der Waals surface area contributed by atoms with Crippen LogP contribution in [-0.4, -0.2) is 36.5 Å². The van der Waals surface area contributed by atoms with Gasteiger partial charge in [0.05, 0.1) is 12.6 Å². The number of nitrogens with two attached hydrogens (primary N) is 1. The Morgan fingerprint density at radius 3 is 2.43 bits per heavy atom. The molecule has 4 heteroatoms. The molecule has 1 rings (SSSR count). The molecular formula is C17H28N2O2. The van der Waals surface area contributed by atoms with Gasteiger partial charge in [0.2, 0.25) is 5.91 Å². The molecule has 1 amide bonds. The maximum atomic E-state index is 12.6. The van der Waals surface area contributed by atoms with Crippen molar-refractivity contribution in [3.05, 3.63) is 29.8 Å². The zero-order valence-electron chi connectivity index (χ0n) is 13.8. The van der Waals surface area contributed by atoms with E-state index in [9.17, 15) is 4.79 Å². The normalized spacial score (nSPS) is 12.9. The van der Waals surface area contributed by atoms with E-state index in [0.29, 0.717) is 12.8 Å². The lowest BCUT2D eigenvalue weighted by Crippen LogP contribution is -2.55. The van der Waals surface area contributed by atoms with Crippen LogP contribution in [0.2, 0.25) is 0 Å². The minimum atomic E-state index is -0.760. The second kappa shape index (κ2) is 7.46. The van der Waals surface area contributed by atoms with Crippen molar-refractivity contribution >= 4 is 5.91 Å². The van der Waals surface area contributed by atoms with Gasteiger partial charge in [-0.2, -0.15) is 0 Å². The van der Waals surface area contributed by atoms with Crippen LogP contribution in [0, 0.1) is 0 Å². The van der Waals surface area contributed by atoms with Crippen molar-refractivity contribution in [2.45, 2.75) is 51.6 Å². The summed E-state index contributed by atoms with van der Waals surface area (Å²) in [7, 11) is 3.49. The van der Waals surface area contributed by atoms with Crippen LogP contribution in [-0.2, 0) is 11.2 Å². The number of hydrogen-bond acceptors (Lipinski definition) is 3. The van der Waals surface area contributed by atoms with E-state index in [4.69, 9.17) is 10.5 Å². The van der Waals surface area contributed by atoms with Gasteiger partial charge in [0.1, 0.15) is 5.75 Å². The quantitative estimate of drug-likeness (QED) is 0.840. The molecule has 0 fully saturated rings. The molecule has 4 nitrogen and oxygen atoms in total. The minimum absolute atomic E-state index is 0.00916. The molecule has 118 valence electrons. The fourth-order valence-corrected chi connectivity index (χ4v) is 2.43. The van der Waals surface area contributed by atoms with Crippen molar-refractivity contribution in [3.63, 3.8) is 0 Å². The fourth-order valence-electron chi connectivity index (χ4n) is 2.43. The summed E-state index contributed by atoms with van der Waals surface area (Å²) >= 11 is 0. The summed E-state index contributed by atoms with van der Waals surface area (Å²) in [5.74, 6) is 0.866. The summed E-state index contributed by atoms with van der Waals surface area (Å²) in [5, 5.41) is 0. The van der Waals surface area contributed by atoms with Gasteiger partial charge in [0, 0.05) is 13.1 Å². The zero-order valence-corrected chi connectivity index (χ0v) is 13.8. The molecule has 1 atom stereocenters. The predicted molar refractivity (Wildman–Crippen MR) is 86.4 cm³/mol. The Balaban J connectivity index is 2.83. The van der Waals surface area contributed by atoms with E-state index < -0.39 is 5.54 Å². The van der Waals surface area contributed by atoms with E-state index in [1.54, 1.807) is 12.0 Å². The highest BCUT2D eigenvalue weighted by atomic mass is 16.5. The fraction of sp³-hybridized carbons (Fsp3) is 0.588. The van der Waals surface area contributed by atoms with Crippen molar-refractivity contribution in [3.8, 4) is 5.75 Å². The molecule has 21 heavy (non-hydrogen) atoms. The monoisotopic (exact) mass is 292 g/mol. The number of benzene rings is 1. The van der Waals surface area contributed by atoms with Crippen LogP contribution in [0.15, 0.2) is 24.3 Å². The third-order valence-electron chi connectivity index (χ3n) is 4.38. The third-order valence-corrected chi connectivity index (χ3v) is 4.38. The molecule has 0 aliphatic carbocycles. The van der Waals surface area contributed by atoms with Crippen molar-refractivity contribution in [2.24, 2.45) is 5.73 Å². The number of carbonyl (C=O) groups excluding carboxylic acids is 1.